The van der Waals surface area contributed by atoms with Gasteiger partial charge in [-0.3, -0.25) is 4.90 Å². The van der Waals surface area contributed by atoms with E-state index in [1.165, 1.54) is 0 Å². The zero-order valence-corrected chi connectivity index (χ0v) is 16.2. The third-order valence-electron chi connectivity index (χ3n) is 4.53. The molecule has 1 aliphatic heterocycles. The molecule has 0 spiro atoms. The Hall–Kier alpha value is -1.85. The Labute approximate surface area is 159 Å². The van der Waals surface area contributed by atoms with Crippen LogP contribution in [-0.2, 0) is 11.3 Å². The summed E-state index contributed by atoms with van der Waals surface area (Å²) in [6.07, 6.45) is 0.723. The number of carbonyl (C=O) groups excluding carboxylic acids is 1. The highest BCUT2D eigenvalue weighted by molar-refractivity contribution is 6.30. The summed E-state index contributed by atoms with van der Waals surface area (Å²) in [6.45, 7) is 8.43. The Morgan fingerprint density at radius 3 is 2.85 bits per heavy atom. The van der Waals surface area contributed by atoms with Gasteiger partial charge in [-0.1, -0.05) is 43.6 Å². The SMILES string of the molecule is CC(C)COC(=O)N1CCCN(Cc2cc3ccccc3nc2Cl)CC1. The van der Waals surface area contributed by atoms with Crippen molar-refractivity contribution in [2.24, 2.45) is 5.92 Å². The summed E-state index contributed by atoms with van der Waals surface area (Å²) in [5, 5.41) is 1.65. The van der Waals surface area contributed by atoms with E-state index in [4.69, 9.17) is 16.3 Å². The Morgan fingerprint density at radius 1 is 1.23 bits per heavy atom. The molecular formula is C20H26ClN3O2. The predicted molar refractivity (Wildman–Crippen MR) is 104 cm³/mol. The highest BCUT2D eigenvalue weighted by Crippen LogP contribution is 2.22. The number of pyridine rings is 1. The minimum absolute atomic E-state index is 0.203. The molecule has 1 fully saturated rings. The van der Waals surface area contributed by atoms with Crippen molar-refractivity contribution < 1.29 is 9.53 Å². The van der Waals surface area contributed by atoms with Crippen molar-refractivity contribution in [1.29, 1.82) is 0 Å². The monoisotopic (exact) mass is 375 g/mol. The first-order valence-electron chi connectivity index (χ1n) is 9.21. The molecule has 1 aromatic heterocycles. The number of para-hydroxylation sites is 1. The average molecular weight is 376 g/mol. The molecular weight excluding hydrogens is 350 g/mol. The van der Waals surface area contributed by atoms with Gasteiger partial charge in [-0.15, -0.1) is 0 Å². The van der Waals surface area contributed by atoms with Gasteiger partial charge in [-0.25, -0.2) is 9.78 Å². The largest absolute Gasteiger partial charge is 0.449 e. The molecule has 0 unspecified atom stereocenters. The fourth-order valence-electron chi connectivity index (χ4n) is 3.13. The lowest BCUT2D eigenvalue weighted by molar-refractivity contribution is 0.0930. The van der Waals surface area contributed by atoms with Crippen LogP contribution in [0.1, 0.15) is 25.8 Å². The molecule has 6 heteroatoms. The topological polar surface area (TPSA) is 45.7 Å². The van der Waals surface area contributed by atoms with Gasteiger partial charge in [0.05, 0.1) is 12.1 Å². The molecule has 2 heterocycles. The third-order valence-corrected chi connectivity index (χ3v) is 4.86. The molecule has 1 amide bonds. The molecule has 0 saturated carbocycles. The van der Waals surface area contributed by atoms with Crippen molar-refractivity contribution in [2.75, 3.05) is 32.8 Å². The lowest BCUT2D eigenvalue weighted by atomic mass is 10.1. The molecule has 0 N–H and O–H groups in total. The Kier molecular flexibility index (Phi) is 6.33. The van der Waals surface area contributed by atoms with Crippen LogP contribution in [0.4, 0.5) is 4.79 Å². The number of rotatable bonds is 4. The molecule has 140 valence electrons. The van der Waals surface area contributed by atoms with Crippen LogP contribution in [0.2, 0.25) is 5.15 Å². The summed E-state index contributed by atoms with van der Waals surface area (Å²) in [4.78, 5) is 20.8. The molecule has 5 nitrogen and oxygen atoms in total. The van der Waals surface area contributed by atoms with Gasteiger partial charge in [0.25, 0.3) is 0 Å². The Bertz CT molecular complexity index is 766. The Morgan fingerprint density at radius 2 is 2.04 bits per heavy atom. The van der Waals surface area contributed by atoms with Crippen molar-refractivity contribution in [3.63, 3.8) is 0 Å². The first-order valence-corrected chi connectivity index (χ1v) is 9.59. The number of aromatic nitrogens is 1. The van der Waals surface area contributed by atoms with E-state index in [0.717, 1.165) is 49.1 Å². The summed E-state index contributed by atoms with van der Waals surface area (Å²) >= 11 is 6.39. The van der Waals surface area contributed by atoms with Gasteiger partial charge in [0.15, 0.2) is 0 Å². The smallest absolute Gasteiger partial charge is 0.409 e. The van der Waals surface area contributed by atoms with E-state index >= 15 is 0 Å². The molecule has 0 atom stereocenters. The predicted octanol–water partition coefficient (Wildman–Crippen LogP) is 4.19. The molecule has 2 aromatic rings. The molecule has 26 heavy (non-hydrogen) atoms. The van der Waals surface area contributed by atoms with E-state index in [2.05, 4.69) is 22.0 Å². The van der Waals surface area contributed by atoms with E-state index in [1.807, 2.05) is 36.9 Å². The number of carbonyl (C=O) groups is 1. The van der Waals surface area contributed by atoms with Crippen LogP contribution in [0, 0.1) is 5.92 Å². The van der Waals surface area contributed by atoms with Crippen LogP contribution in [0.5, 0.6) is 0 Å². The number of benzene rings is 1. The van der Waals surface area contributed by atoms with Gasteiger partial charge < -0.3 is 9.64 Å². The zero-order valence-electron chi connectivity index (χ0n) is 15.4. The van der Waals surface area contributed by atoms with E-state index in [-0.39, 0.29) is 6.09 Å². The fourth-order valence-corrected chi connectivity index (χ4v) is 3.33. The van der Waals surface area contributed by atoms with Crippen molar-refractivity contribution in [3.05, 3.63) is 41.0 Å². The van der Waals surface area contributed by atoms with Gasteiger partial charge >= 0.3 is 6.09 Å². The Balaban J connectivity index is 1.61. The van der Waals surface area contributed by atoms with Crippen LogP contribution < -0.4 is 0 Å². The van der Waals surface area contributed by atoms with Crippen LogP contribution in [0.3, 0.4) is 0 Å². The van der Waals surface area contributed by atoms with Crippen molar-refractivity contribution in [2.45, 2.75) is 26.8 Å². The van der Waals surface area contributed by atoms with Crippen LogP contribution in [0.25, 0.3) is 10.9 Å². The highest BCUT2D eigenvalue weighted by atomic mass is 35.5. The summed E-state index contributed by atoms with van der Waals surface area (Å²) in [6, 6.07) is 10.1. The first-order chi connectivity index (χ1) is 12.5. The third kappa shape index (κ3) is 4.86. The molecule has 1 aliphatic rings. The molecule has 1 saturated heterocycles. The van der Waals surface area contributed by atoms with Crippen molar-refractivity contribution in [3.8, 4) is 0 Å². The van der Waals surface area contributed by atoms with E-state index in [1.54, 1.807) is 0 Å². The van der Waals surface area contributed by atoms with Crippen molar-refractivity contribution in [1.82, 2.24) is 14.8 Å². The van der Waals surface area contributed by atoms with Crippen molar-refractivity contribution >= 4 is 28.6 Å². The molecule has 0 bridgehead atoms. The van der Waals surface area contributed by atoms with Gasteiger partial charge in [0.1, 0.15) is 5.15 Å². The number of halogens is 1. The minimum atomic E-state index is -0.203. The lowest BCUT2D eigenvalue weighted by Crippen LogP contribution is -2.36. The fraction of sp³-hybridized carbons (Fsp3) is 0.500. The summed E-state index contributed by atoms with van der Waals surface area (Å²) < 4.78 is 5.36. The maximum absolute atomic E-state index is 12.2. The van der Waals surface area contributed by atoms with Gasteiger partial charge in [0, 0.05) is 43.7 Å². The van der Waals surface area contributed by atoms with Gasteiger partial charge in [-0.05, 0) is 24.5 Å². The summed E-state index contributed by atoms with van der Waals surface area (Å²) in [7, 11) is 0. The van der Waals surface area contributed by atoms with Gasteiger partial charge in [0.2, 0.25) is 0 Å². The quantitative estimate of drug-likeness (QED) is 0.752. The second-order valence-electron chi connectivity index (χ2n) is 7.22. The van der Waals surface area contributed by atoms with Crippen LogP contribution in [0.15, 0.2) is 30.3 Å². The van der Waals surface area contributed by atoms with E-state index in [9.17, 15) is 4.79 Å². The number of hydrogen-bond acceptors (Lipinski definition) is 4. The average Bonchev–Trinajstić information content (AvgIpc) is 2.86. The summed E-state index contributed by atoms with van der Waals surface area (Å²) in [5.41, 5.74) is 1.94. The highest BCUT2D eigenvalue weighted by Gasteiger charge is 2.21. The molecule has 0 radical (unpaired) electrons. The molecule has 0 aliphatic carbocycles. The molecule has 3 rings (SSSR count). The molecule has 1 aromatic carbocycles. The van der Waals surface area contributed by atoms with Gasteiger partial charge in [-0.2, -0.15) is 0 Å². The van der Waals surface area contributed by atoms with E-state index in [0.29, 0.717) is 24.2 Å². The lowest BCUT2D eigenvalue weighted by Gasteiger charge is -2.22. The second-order valence-corrected chi connectivity index (χ2v) is 7.58. The van der Waals surface area contributed by atoms with Crippen LogP contribution >= 0.6 is 11.6 Å². The number of amides is 1. The number of hydrogen-bond donors (Lipinski definition) is 0. The van der Waals surface area contributed by atoms with Crippen LogP contribution in [-0.4, -0.2) is 53.7 Å². The standard InChI is InChI=1S/C20H26ClN3O2/c1-15(2)14-26-20(25)24-9-5-8-23(10-11-24)13-17-12-16-6-3-4-7-18(16)22-19(17)21/h3-4,6-7,12,15H,5,8-11,13-14H2,1-2H3. The first kappa shape index (κ1) is 18.9. The normalized spacial score (nSPS) is 16.1. The maximum atomic E-state index is 12.2. The number of ether oxygens (including phenoxy) is 1. The summed E-state index contributed by atoms with van der Waals surface area (Å²) in [5.74, 6) is 0.352. The minimum Gasteiger partial charge on any atom is -0.449 e. The van der Waals surface area contributed by atoms with E-state index < -0.39 is 0 Å². The maximum Gasteiger partial charge on any atom is 0.409 e. The second kappa shape index (κ2) is 8.69. The number of nitrogens with zero attached hydrogens (tertiary/aromatic N) is 3. The number of fused-ring (bicyclic) bond motifs is 1. The zero-order chi connectivity index (χ0) is 18.5.